The van der Waals surface area contributed by atoms with Crippen molar-refractivity contribution in [2.24, 2.45) is 0 Å². The summed E-state index contributed by atoms with van der Waals surface area (Å²) in [4.78, 5) is 28.2. The maximum absolute atomic E-state index is 11.4. The zero-order valence-corrected chi connectivity index (χ0v) is 8.95. The van der Waals surface area contributed by atoms with Crippen LogP contribution in [0.1, 0.15) is 16.2 Å². The predicted octanol–water partition coefficient (Wildman–Crippen LogP) is 1.77. The summed E-state index contributed by atoms with van der Waals surface area (Å²) in [5, 5.41) is 0. The number of aromatic nitrogens is 2. The first kappa shape index (κ1) is 11.2. The number of rotatable bonds is 4. The number of carbonyl (C=O) groups excluding carboxylic acids is 1. The smallest absolute Gasteiger partial charge is 0.289 e. The summed E-state index contributed by atoms with van der Waals surface area (Å²) in [5.74, 6) is -0.734. The topological polar surface area (TPSA) is 61.3 Å². The van der Waals surface area contributed by atoms with Crippen molar-refractivity contribution in [2.45, 2.75) is 6.61 Å². The minimum Gasteiger partial charge on any atom is -0.289 e. The Balaban J connectivity index is 1.82. The van der Waals surface area contributed by atoms with Gasteiger partial charge in [0.25, 0.3) is 0 Å². The first-order chi connectivity index (χ1) is 8.36. The van der Waals surface area contributed by atoms with E-state index in [2.05, 4.69) is 14.9 Å². The van der Waals surface area contributed by atoms with Crippen molar-refractivity contribution in [3.05, 3.63) is 60.2 Å². The molecule has 0 saturated heterocycles. The summed E-state index contributed by atoms with van der Waals surface area (Å²) in [5.41, 5.74) is 0.911. The van der Waals surface area contributed by atoms with Crippen molar-refractivity contribution in [3.63, 3.8) is 0 Å². The Hall–Kier alpha value is -2.27. The van der Waals surface area contributed by atoms with E-state index in [-0.39, 0.29) is 12.4 Å². The minimum absolute atomic E-state index is 0.0273. The normalized spacial score (nSPS) is 9.88. The Morgan fingerprint density at radius 3 is 2.47 bits per heavy atom. The number of benzene rings is 1. The van der Waals surface area contributed by atoms with E-state index >= 15 is 0 Å². The summed E-state index contributed by atoms with van der Waals surface area (Å²) in [6.45, 7) is 0.194. The molecule has 2 rings (SSSR count). The molecule has 0 spiro atoms. The van der Waals surface area contributed by atoms with Gasteiger partial charge in [0.15, 0.2) is 0 Å². The Labute approximate surface area is 98.0 Å². The molecule has 0 amide bonds. The lowest BCUT2D eigenvalue weighted by Gasteiger charge is -2.02. The van der Waals surface area contributed by atoms with Gasteiger partial charge in [0.1, 0.15) is 6.61 Å². The predicted molar refractivity (Wildman–Crippen MR) is 58.7 cm³/mol. The van der Waals surface area contributed by atoms with Gasteiger partial charge in [-0.05, 0) is 11.6 Å². The quantitative estimate of drug-likeness (QED) is 0.591. The minimum atomic E-state index is -0.707. The van der Waals surface area contributed by atoms with Crippen LogP contribution in [-0.2, 0) is 16.4 Å². The van der Waals surface area contributed by atoms with Crippen molar-refractivity contribution in [2.75, 3.05) is 0 Å². The highest BCUT2D eigenvalue weighted by atomic mass is 17.2. The van der Waals surface area contributed by atoms with E-state index < -0.39 is 5.97 Å². The highest BCUT2D eigenvalue weighted by Crippen LogP contribution is 2.02. The number of carbonyl (C=O) groups is 1. The van der Waals surface area contributed by atoms with Crippen molar-refractivity contribution in [1.29, 1.82) is 0 Å². The van der Waals surface area contributed by atoms with Gasteiger partial charge in [-0.3, -0.25) is 4.89 Å². The van der Waals surface area contributed by atoms with Gasteiger partial charge >= 0.3 is 5.97 Å². The van der Waals surface area contributed by atoms with Gasteiger partial charge in [0.2, 0.25) is 5.82 Å². The molecule has 0 unspecified atom stereocenters. The molecule has 0 fully saturated rings. The molecule has 0 N–H and O–H groups in total. The van der Waals surface area contributed by atoms with Crippen LogP contribution >= 0.6 is 0 Å². The molecule has 0 bridgehead atoms. The summed E-state index contributed by atoms with van der Waals surface area (Å²) in [7, 11) is 0. The second kappa shape index (κ2) is 5.72. The Morgan fingerprint density at radius 1 is 1.06 bits per heavy atom. The fourth-order valence-corrected chi connectivity index (χ4v) is 1.17. The van der Waals surface area contributed by atoms with Gasteiger partial charge in [-0.1, -0.05) is 30.3 Å². The first-order valence-electron chi connectivity index (χ1n) is 5.01. The van der Waals surface area contributed by atoms with Gasteiger partial charge in [-0.2, -0.15) is 4.89 Å². The van der Waals surface area contributed by atoms with Crippen LogP contribution in [0.5, 0.6) is 0 Å². The van der Waals surface area contributed by atoms with Gasteiger partial charge in [-0.15, -0.1) is 0 Å². The molecule has 0 aliphatic rings. The molecule has 1 heterocycles. The highest BCUT2D eigenvalue weighted by Gasteiger charge is 2.10. The zero-order chi connectivity index (χ0) is 11.9. The lowest BCUT2D eigenvalue weighted by atomic mass is 10.2. The van der Waals surface area contributed by atoms with E-state index in [0.717, 1.165) is 5.56 Å². The molecule has 5 heteroatoms. The maximum atomic E-state index is 11.4. The second-order valence-electron chi connectivity index (χ2n) is 3.19. The van der Waals surface area contributed by atoms with Gasteiger partial charge in [-0.25, -0.2) is 14.8 Å². The standard InChI is InChI=1S/C12H10N2O3/c15-12(11-13-7-4-8-14-11)17-16-9-10-5-2-1-3-6-10/h1-8H,9H2. The molecular weight excluding hydrogens is 220 g/mol. The number of hydrogen-bond acceptors (Lipinski definition) is 5. The summed E-state index contributed by atoms with van der Waals surface area (Å²) in [6.07, 6.45) is 2.92. The third kappa shape index (κ3) is 3.35. The van der Waals surface area contributed by atoms with E-state index in [4.69, 9.17) is 4.89 Å². The maximum Gasteiger partial charge on any atom is 0.410 e. The third-order valence-corrected chi connectivity index (χ3v) is 1.95. The third-order valence-electron chi connectivity index (χ3n) is 1.95. The number of nitrogens with zero attached hydrogens (tertiary/aromatic N) is 2. The van der Waals surface area contributed by atoms with Crippen molar-refractivity contribution >= 4 is 5.97 Å². The van der Waals surface area contributed by atoms with Gasteiger partial charge < -0.3 is 0 Å². The van der Waals surface area contributed by atoms with Gasteiger partial charge in [0.05, 0.1) is 0 Å². The van der Waals surface area contributed by atoms with Crippen LogP contribution in [0.25, 0.3) is 0 Å². The molecule has 0 aliphatic carbocycles. The average Bonchev–Trinajstić information content (AvgIpc) is 2.41. The Kier molecular flexibility index (Phi) is 3.77. The van der Waals surface area contributed by atoms with Crippen LogP contribution in [-0.4, -0.2) is 15.9 Å². The zero-order valence-electron chi connectivity index (χ0n) is 8.95. The lowest BCUT2D eigenvalue weighted by Crippen LogP contribution is -2.09. The molecule has 0 saturated carbocycles. The highest BCUT2D eigenvalue weighted by molar-refractivity contribution is 5.84. The SMILES string of the molecule is O=C(OOCc1ccccc1)c1ncccn1. The summed E-state index contributed by atoms with van der Waals surface area (Å²) in [6, 6.07) is 11.0. The molecule has 5 nitrogen and oxygen atoms in total. The second-order valence-corrected chi connectivity index (χ2v) is 3.19. The van der Waals surface area contributed by atoms with Gasteiger partial charge in [0, 0.05) is 12.4 Å². The fraction of sp³-hybridized carbons (Fsp3) is 0.0833. The molecule has 86 valence electrons. The fourth-order valence-electron chi connectivity index (χ4n) is 1.17. The van der Waals surface area contributed by atoms with Crippen LogP contribution in [0.15, 0.2) is 48.8 Å². The molecule has 0 atom stereocenters. The van der Waals surface area contributed by atoms with E-state index in [1.165, 1.54) is 12.4 Å². The largest absolute Gasteiger partial charge is 0.410 e. The van der Waals surface area contributed by atoms with Crippen LogP contribution in [0, 0.1) is 0 Å². The van der Waals surface area contributed by atoms with Crippen LogP contribution in [0.4, 0.5) is 0 Å². The average molecular weight is 230 g/mol. The van der Waals surface area contributed by atoms with Crippen molar-refractivity contribution < 1.29 is 14.6 Å². The molecule has 1 aromatic heterocycles. The molecule has 2 aromatic rings. The summed E-state index contributed by atoms with van der Waals surface area (Å²) < 4.78 is 0. The van der Waals surface area contributed by atoms with E-state index in [1.54, 1.807) is 6.07 Å². The number of hydrogen-bond donors (Lipinski definition) is 0. The molecule has 0 radical (unpaired) electrons. The lowest BCUT2D eigenvalue weighted by molar-refractivity contribution is -0.251. The van der Waals surface area contributed by atoms with E-state index in [0.29, 0.717) is 0 Å². The molecular formula is C12H10N2O3. The molecule has 17 heavy (non-hydrogen) atoms. The Bertz CT molecular complexity index is 474. The van der Waals surface area contributed by atoms with Crippen LogP contribution in [0.3, 0.4) is 0 Å². The van der Waals surface area contributed by atoms with E-state index in [1.807, 2.05) is 30.3 Å². The van der Waals surface area contributed by atoms with Crippen molar-refractivity contribution in [1.82, 2.24) is 9.97 Å². The monoisotopic (exact) mass is 230 g/mol. The van der Waals surface area contributed by atoms with Crippen LogP contribution < -0.4 is 0 Å². The Morgan fingerprint density at radius 2 is 1.76 bits per heavy atom. The molecule has 0 aliphatic heterocycles. The van der Waals surface area contributed by atoms with E-state index in [9.17, 15) is 4.79 Å². The first-order valence-corrected chi connectivity index (χ1v) is 5.01. The molecule has 1 aromatic carbocycles. The van der Waals surface area contributed by atoms with Crippen LogP contribution in [0.2, 0.25) is 0 Å². The summed E-state index contributed by atoms with van der Waals surface area (Å²) >= 11 is 0. The van der Waals surface area contributed by atoms with Crippen molar-refractivity contribution in [3.8, 4) is 0 Å².